The lowest BCUT2D eigenvalue weighted by Crippen LogP contribution is -2.52. The zero-order chi connectivity index (χ0) is 16.8. The van der Waals surface area contributed by atoms with Gasteiger partial charge >= 0.3 is 6.18 Å². The topological polar surface area (TPSA) is 66.4 Å². The van der Waals surface area contributed by atoms with E-state index in [0.717, 1.165) is 12.4 Å². The van der Waals surface area contributed by atoms with E-state index < -0.39 is 21.9 Å². The molecule has 0 N–H and O–H groups in total. The largest absolute Gasteiger partial charge is 0.433 e. The van der Waals surface area contributed by atoms with Crippen LogP contribution in [-0.2, 0) is 16.2 Å². The predicted octanol–water partition coefficient (Wildman–Crippen LogP) is 1.36. The minimum absolute atomic E-state index is 0.0952. The summed E-state index contributed by atoms with van der Waals surface area (Å²) in [4.78, 5) is 8.78. The summed E-state index contributed by atoms with van der Waals surface area (Å²) in [7, 11) is -1.65. The van der Waals surface area contributed by atoms with E-state index in [0.29, 0.717) is 32.5 Å². The maximum atomic E-state index is 12.6. The molecule has 128 valence electrons. The van der Waals surface area contributed by atoms with Gasteiger partial charge in [0.1, 0.15) is 17.8 Å². The smallest absolute Gasteiger partial charge is 0.356 e. The monoisotopic (exact) mass is 350 g/mol. The van der Waals surface area contributed by atoms with Gasteiger partial charge in [0.15, 0.2) is 0 Å². The second-order valence-corrected chi connectivity index (χ2v) is 8.37. The molecular weight excluding hydrogens is 333 g/mol. The molecule has 0 amide bonds. The van der Waals surface area contributed by atoms with Crippen molar-refractivity contribution >= 4 is 15.8 Å². The molecule has 2 aliphatic rings. The molecule has 6 nitrogen and oxygen atoms in total. The van der Waals surface area contributed by atoms with Crippen molar-refractivity contribution in [3.63, 3.8) is 0 Å². The van der Waals surface area contributed by atoms with Crippen molar-refractivity contribution in [2.24, 2.45) is 5.92 Å². The summed E-state index contributed by atoms with van der Waals surface area (Å²) in [5.74, 6) is 0.314. The quantitative estimate of drug-likeness (QED) is 0.802. The van der Waals surface area contributed by atoms with Crippen LogP contribution < -0.4 is 4.90 Å². The van der Waals surface area contributed by atoms with Gasteiger partial charge in [-0.05, 0) is 12.8 Å². The number of alkyl halides is 3. The van der Waals surface area contributed by atoms with Gasteiger partial charge in [0.05, 0.1) is 5.25 Å². The van der Waals surface area contributed by atoms with Gasteiger partial charge in [-0.15, -0.1) is 0 Å². The Labute approximate surface area is 132 Å². The van der Waals surface area contributed by atoms with Crippen LogP contribution in [0, 0.1) is 5.92 Å². The van der Waals surface area contributed by atoms with Crippen LogP contribution in [0.5, 0.6) is 0 Å². The molecule has 0 bridgehead atoms. The lowest BCUT2D eigenvalue weighted by molar-refractivity contribution is -0.141. The van der Waals surface area contributed by atoms with Crippen LogP contribution >= 0.6 is 0 Å². The first-order valence-electron chi connectivity index (χ1n) is 7.27. The van der Waals surface area contributed by atoms with Crippen molar-refractivity contribution in [1.29, 1.82) is 0 Å². The highest BCUT2D eigenvalue weighted by Crippen LogP contribution is 2.33. The molecule has 1 saturated carbocycles. The van der Waals surface area contributed by atoms with Crippen molar-refractivity contribution < 1.29 is 21.6 Å². The van der Waals surface area contributed by atoms with Crippen LogP contribution in [-0.4, -0.2) is 54.6 Å². The van der Waals surface area contributed by atoms with Crippen molar-refractivity contribution in [3.05, 3.63) is 18.1 Å². The molecule has 0 spiro atoms. The highest BCUT2D eigenvalue weighted by Gasteiger charge is 2.41. The Hall–Kier alpha value is -1.42. The lowest BCUT2D eigenvalue weighted by atomic mass is 10.0. The Morgan fingerprint density at radius 1 is 1.30 bits per heavy atom. The van der Waals surface area contributed by atoms with E-state index in [1.807, 2.05) is 0 Å². The average Bonchev–Trinajstić information content (AvgIpc) is 3.26. The second kappa shape index (κ2) is 5.59. The summed E-state index contributed by atoms with van der Waals surface area (Å²) in [6.45, 7) is 1.35. The van der Waals surface area contributed by atoms with E-state index in [4.69, 9.17) is 0 Å². The molecular formula is C13H17F3N4O2S. The van der Waals surface area contributed by atoms with E-state index in [1.54, 1.807) is 11.9 Å². The Bertz CT molecular complexity index is 685. The van der Waals surface area contributed by atoms with Gasteiger partial charge in [0.2, 0.25) is 10.0 Å². The number of anilines is 1. The highest BCUT2D eigenvalue weighted by atomic mass is 32.2. The number of hydrogen-bond donors (Lipinski definition) is 0. The van der Waals surface area contributed by atoms with E-state index >= 15 is 0 Å². The third kappa shape index (κ3) is 3.42. The van der Waals surface area contributed by atoms with Crippen LogP contribution in [0.1, 0.15) is 18.5 Å². The van der Waals surface area contributed by atoms with Gasteiger partial charge in [0, 0.05) is 38.7 Å². The molecule has 1 saturated heterocycles. The summed E-state index contributed by atoms with van der Waals surface area (Å²) >= 11 is 0. The molecule has 1 aliphatic heterocycles. The molecule has 1 aromatic heterocycles. The molecule has 0 atom stereocenters. The Morgan fingerprint density at radius 2 is 1.96 bits per heavy atom. The molecule has 23 heavy (non-hydrogen) atoms. The Morgan fingerprint density at radius 3 is 2.52 bits per heavy atom. The van der Waals surface area contributed by atoms with E-state index in [9.17, 15) is 21.6 Å². The van der Waals surface area contributed by atoms with Crippen LogP contribution in [0.2, 0.25) is 0 Å². The molecule has 10 heteroatoms. The maximum Gasteiger partial charge on any atom is 0.433 e. The van der Waals surface area contributed by atoms with Crippen molar-refractivity contribution in [2.75, 3.05) is 31.6 Å². The summed E-state index contributed by atoms with van der Waals surface area (Å²) < 4.78 is 63.3. The van der Waals surface area contributed by atoms with E-state index in [-0.39, 0.29) is 17.0 Å². The Balaban J connectivity index is 1.57. The van der Waals surface area contributed by atoms with Gasteiger partial charge in [-0.3, -0.25) is 0 Å². The third-order valence-corrected chi connectivity index (χ3v) is 6.45. The van der Waals surface area contributed by atoms with Crippen molar-refractivity contribution in [1.82, 2.24) is 14.3 Å². The molecule has 2 heterocycles. The first-order valence-corrected chi connectivity index (χ1v) is 8.77. The number of sulfonamides is 1. The van der Waals surface area contributed by atoms with Gasteiger partial charge in [-0.2, -0.15) is 13.2 Å². The van der Waals surface area contributed by atoms with Gasteiger partial charge < -0.3 is 4.90 Å². The predicted molar refractivity (Wildman–Crippen MR) is 77.3 cm³/mol. The fraction of sp³-hybridized carbons (Fsp3) is 0.692. The van der Waals surface area contributed by atoms with Crippen LogP contribution in [0.15, 0.2) is 12.4 Å². The zero-order valence-electron chi connectivity index (χ0n) is 12.5. The van der Waals surface area contributed by atoms with Crippen LogP contribution in [0.4, 0.5) is 19.0 Å². The fourth-order valence-electron chi connectivity index (χ4n) is 2.64. The second-order valence-electron chi connectivity index (χ2n) is 6.06. The lowest BCUT2D eigenvalue weighted by Gasteiger charge is -2.41. The standard InChI is InChI=1S/C13H17F3N4O2S/c1-19(23(21,22)10-2-3-10)5-9-6-20(7-9)12-4-11(13(14,15)16)17-8-18-12/h4,8-10H,2-3,5-7H2,1H3. The van der Waals surface area contributed by atoms with Gasteiger partial charge in [0.25, 0.3) is 0 Å². The molecule has 2 fully saturated rings. The highest BCUT2D eigenvalue weighted by molar-refractivity contribution is 7.90. The summed E-state index contributed by atoms with van der Waals surface area (Å²) in [5, 5.41) is -0.250. The van der Waals surface area contributed by atoms with Crippen molar-refractivity contribution in [2.45, 2.75) is 24.3 Å². The first-order chi connectivity index (χ1) is 10.7. The van der Waals surface area contributed by atoms with Crippen LogP contribution in [0.25, 0.3) is 0 Å². The van der Waals surface area contributed by atoms with Crippen molar-refractivity contribution in [3.8, 4) is 0 Å². The van der Waals surface area contributed by atoms with Gasteiger partial charge in [-0.25, -0.2) is 22.7 Å². The molecule has 0 radical (unpaired) electrons. The molecule has 0 aromatic carbocycles. The first kappa shape index (κ1) is 16.4. The summed E-state index contributed by atoms with van der Waals surface area (Å²) in [5.41, 5.74) is -0.973. The summed E-state index contributed by atoms with van der Waals surface area (Å²) in [6, 6.07) is 0.918. The molecule has 3 rings (SSSR count). The van der Waals surface area contributed by atoms with E-state index in [2.05, 4.69) is 9.97 Å². The Kier molecular flexibility index (Phi) is 3.99. The molecule has 0 unspecified atom stereocenters. The number of nitrogens with zero attached hydrogens (tertiary/aromatic N) is 4. The number of rotatable bonds is 5. The average molecular weight is 350 g/mol. The molecule has 1 aromatic rings. The van der Waals surface area contributed by atoms with Gasteiger partial charge in [-0.1, -0.05) is 0 Å². The SMILES string of the molecule is CN(CC1CN(c2cc(C(F)(F)F)ncn2)C1)S(=O)(=O)C1CC1. The van der Waals surface area contributed by atoms with Crippen LogP contribution in [0.3, 0.4) is 0 Å². The minimum Gasteiger partial charge on any atom is -0.356 e. The normalized spacial score (nSPS) is 20.0. The summed E-state index contributed by atoms with van der Waals surface area (Å²) in [6.07, 6.45) is -2.18. The zero-order valence-corrected chi connectivity index (χ0v) is 13.3. The number of hydrogen-bond acceptors (Lipinski definition) is 5. The number of halogens is 3. The minimum atomic E-state index is -4.50. The fourth-order valence-corrected chi connectivity index (χ4v) is 4.29. The number of aromatic nitrogens is 2. The van der Waals surface area contributed by atoms with E-state index in [1.165, 1.54) is 4.31 Å². The molecule has 1 aliphatic carbocycles. The third-order valence-electron chi connectivity index (χ3n) is 4.12. The maximum absolute atomic E-state index is 12.6.